The third-order valence-corrected chi connectivity index (χ3v) is 4.92. The van der Waals surface area contributed by atoms with Gasteiger partial charge in [0.15, 0.2) is 0 Å². The summed E-state index contributed by atoms with van der Waals surface area (Å²) in [5.41, 5.74) is 6.51. The van der Waals surface area contributed by atoms with Gasteiger partial charge in [-0.05, 0) is 36.7 Å². The van der Waals surface area contributed by atoms with E-state index >= 15 is 0 Å². The van der Waals surface area contributed by atoms with Crippen LogP contribution in [0.3, 0.4) is 0 Å². The molecule has 1 aromatic rings. The third-order valence-electron chi connectivity index (χ3n) is 4.92. The smallest absolute Gasteiger partial charge is 0.238 e. The van der Waals surface area contributed by atoms with Crippen LogP contribution in [-0.4, -0.2) is 11.4 Å². The number of hydrogen-bond acceptors (Lipinski definition) is 2. The summed E-state index contributed by atoms with van der Waals surface area (Å²) in [7, 11) is 0. The first-order valence-corrected chi connectivity index (χ1v) is 7.90. The molecule has 3 nitrogen and oxygen atoms in total. The Kier molecular flexibility index (Phi) is 4.43. The standard InChI is InChI=1S/C18H28N2O/c1-13(14-9-6-5-7-10-14)20-18(16(19)21)12-8-11-15(18)17(2,3)4/h5-7,9-10,13,15,20H,8,11-12H2,1-4H3,(H2,19,21)/t13-,15+,18-/m1/s1. The van der Waals surface area contributed by atoms with Crippen molar-refractivity contribution >= 4 is 5.91 Å². The molecule has 1 aliphatic carbocycles. The summed E-state index contributed by atoms with van der Waals surface area (Å²) in [6.07, 6.45) is 2.95. The molecular weight excluding hydrogens is 260 g/mol. The molecule has 1 amide bonds. The quantitative estimate of drug-likeness (QED) is 0.892. The third kappa shape index (κ3) is 3.13. The van der Waals surface area contributed by atoms with E-state index in [0.717, 1.165) is 19.3 Å². The first-order chi connectivity index (χ1) is 9.77. The summed E-state index contributed by atoms with van der Waals surface area (Å²) in [5.74, 6) is 0.0661. The second-order valence-corrected chi connectivity index (χ2v) is 7.42. The molecule has 1 fully saturated rings. The van der Waals surface area contributed by atoms with Gasteiger partial charge in [0.25, 0.3) is 0 Å². The number of primary amides is 1. The van der Waals surface area contributed by atoms with Crippen molar-refractivity contribution in [1.29, 1.82) is 0 Å². The highest BCUT2D eigenvalue weighted by Crippen LogP contribution is 2.47. The Balaban J connectivity index is 2.29. The summed E-state index contributed by atoms with van der Waals surface area (Å²) in [6, 6.07) is 10.4. The van der Waals surface area contributed by atoms with Gasteiger partial charge >= 0.3 is 0 Å². The highest BCUT2D eigenvalue weighted by Gasteiger charge is 2.52. The van der Waals surface area contributed by atoms with Crippen LogP contribution in [0.25, 0.3) is 0 Å². The normalized spacial score (nSPS) is 27.5. The molecule has 0 heterocycles. The van der Waals surface area contributed by atoms with Crippen molar-refractivity contribution in [2.75, 3.05) is 0 Å². The van der Waals surface area contributed by atoms with Crippen LogP contribution in [0, 0.1) is 11.3 Å². The fraction of sp³-hybridized carbons (Fsp3) is 0.611. The zero-order chi connectivity index (χ0) is 15.7. The molecule has 2 rings (SSSR count). The van der Waals surface area contributed by atoms with Gasteiger partial charge in [-0.15, -0.1) is 0 Å². The molecule has 1 aromatic carbocycles. The summed E-state index contributed by atoms with van der Waals surface area (Å²) in [4.78, 5) is 12.3. The molecule has 0 aliphatic heterocycles. The molecule has 3 heteroatoms. The Bertz CT molecular complexity index is 492. The Morgan fingerprint density at radius 1 is 1.33 bits per heavy atom. The fourth-order valence-corrected chi connectivity index (χ4v) is 3.93. The molecule has 0 spiro atoms. The van der Waals surface area contributed by atoms with E-state index in [-0.39, 0.29) is 23.3 Å². The lowest BCUT2D eigenvalue weighted by atomic mass is 9.70. The Morgan fingerprint density at radius 2 is 1.95 bits per heavy atom. The molecule has 1 aliphatic rings. The van der Waals surface area contributed by atoms with Crippen molar-refractivity contribution in [3.8, 4) is 0 Å². The van der Waals surface area contributed by atoms with Crippen molar-refractivity contribution < 1.29 is 4.79 Å². The molecule has 21 heavy (non-hydrogen) atoms. The maximum absolute atomic E-state index is 12.3. The predicted octanol–water partition coefficient (Wildman–Crippen LogP) is 3.41. The minimum Gasteiger partial charge on any atom is -0.368 e. The first kappa shape index (κ1) is 16.0. The van der Waals surface area contributed by atoms with Gasteiger partial charge in [-0.2, -0.15) is 0 Å². The highest BCUT2D eigenvalue weighted by molar-refractivity contribution is 5.85. The van der Waals surface area contributed by atoms with Gasteiger partial charge in [0.1, 0.15) is 5.54 Å². The van der Waals surface area contributed by atoms with E-state index in [9.17, 15) is 4.79 Å². The van der Waals surface area contributed by atoms with E-state index in [0.29, 0.717) is 0 Å². The Labute approximate surface area is 128 Å². The van der Waals surface area contributed by atoms with Gasteiger partial charge in [-0.3, -0.25) is 10.1 Å². The maximum Gasteiger partial charge on any atom is 0.238 e. The molecule has 116 valence electrons. The molecule has 3 atom stereocenters. The van der Waals surface area contributed by atoms with E-state index in [1.807, 2.05) is 18.2 Å². The minimum atomic E-state index is -0.590. The zero-order valence-electron chi connectivity index (χ0n) is 13.6. The molecule has 0 unspecified atom stereocenters. The first-order valence-electron chi connectivity index (χ1n) is 7.90. The van der Waals surface area contributed by atoms with Crippen molar-refractivity contribution in [1.82, 2.24) is 5.32 Å². The van der Waals surface area contributed by atoms with Crippen LogP contribution in [0.5, 0.6) is 0 Å². The van der Waals surface area contributed by atoms with Crippen LogP contribution in [0.4, 0.5) is 0 Å². The number of rotatable bonds is 4. The highest BCUT2D eigenvalue weighted by atomic mass is 16.1. The molecule has 3 N–H and O–H groups in total. The van der Waals surface area contributed by atoms with E-state index in [2.05, 4.69) is 45.1 Å². The van der Waals surface area contributed by atoms with Crippen LogP contribution >= 0.6 is 0 Å². The molecule has 0 radical (unpaired) electrons. The second-order valence-electron chi connectivity index (χ2n) is 7.42. The molecule has 0 bridgehead atoms. The lowest BCUT2D eigenvalue weighted by molar-refractivity contribution is -0.128. The van der Waals surface area contributed by atoms with Gasteiger partial charge in [0.2, 0.25) is 5.91 Å². The zero-order valence-corrected chi connectivity index (χ0v) is 13.6. The topological polar surface area (TPSA) is 55.1 Å². The lowest BCUT2D eigenvalue weighted by Gasteiger charge is -2.42. The van der Waals surface area contributed by atoms with Gasteiger partial charge in [-0.25, -0.2) is 0 Å². The maximum atomic E-state index is 12.3. The van der Waals surface area contributed by atoms with Gasteiger partial charge in [0, 0.05) is 6.04 Å². The van der Waals surface area contributed by atoms with Crippen LogP contribution < -0.4 is 11.1 Å². The van der Waals surface area contributed by atoms with E-state index in [1.54, 1.807) is 0 Å². The molecular formula is C18H28N2O. The number of amides is 1. The lowest BCUT2D eigenvalue weighted by Crippen LogP contribution is -2.61. The summed E-state index contributed by atoms with van der Waals surface area (Å²) in [5, 5.41) is 3.59. The van der Waals surface area contributed by atoms with E-state index in [4.69, 9.17) is 5.73 Å². The average Bonchev–Trinajstić information content (AvgIpc) is 2.85. The fourth-order valence-electron chi connectivity index (χ4n) is 3.93. The van der Waals surface area contributed by atoms with Crippen LogP contribution in [0.1, 0.15) is 58.6 Å². The Morgan fingerprint density at radius 3 is 2.48 bits per heavy atom. The van der Waals surface area contributed by atoms with E-state index in [1.165, 1.54) is 5.56 Å². The van der Waals surface area contributed by atoms with Crippen molar-refractivity contribution in [3.63, 3.8) is 0 Å². The van der Waals surface area contributed by atoms with Crippen LogP contribution in [-0.2, 0) is 4.79 Å². The molecule has 0 saturated heterocycles. The van der Waals surface area contributed by atoms with Crippen molar-refractivity contribution in [3.05, 3.63) is 35.9 Å². The van der Waals surface area contributed by atoms with Gasteiger partial charge in [-0.1, -0.05) is 57.5 Å². The van der Waals surface area contributed by atoms with Gasteiger partial charge in [0.05, 0.1) is 0 Å². The number of carbonyl (C=O) groups excluding carboxylic acids is 1. The second kappa shape index (κ2) is 5.80. The summed E-state index contributed by atoms with van der Waals surface area (Å²) < 4.78 is 0. The number of carbonyl (C=O) groups is 1. The molecule has 1 saturated carbocycles. The number of nitrogens with one attached hydrogen (secondary N) is 1. The summed E-state index contributed by atoms with van der Waals surface area (Å²) in [6.45, 7) is 8.72. The van der Waals surface area contributed by atoms with Gasteiger partial charge < -0.3 is 5.73 Å². The minimum absolute atomic E-state index is 0.0644. The van der Waals surface area contributed by atoms with Crippen molar-refractivity contribution in [2.24, 2.45) is 17.1 Å². The van der Waals surface area contributed by atoms with E-state index < -0.39 is 5.54 Å². The predicted molar refractivity (Wildman–Crippen MR) is 86.7 cm³/mol. The average molecular weight is 288 g/mol. The molecule has 0 aromatic heterocycles. The van der Waals surface area contributed by atoms with Crippen LogP contribution in [0.15, 0.2) is 30.3 Å². The number of nitrogens with two attached hydrogens (primary N) is 1. The Hall–Kier alpha value is -1.35. The number of hydrogen-bond donors (Lipinski definition) is 2. The monoisotopic (exact) mass is 288 g/mol. The largest absolute Gasteiger partial charge is 0.368 e. The van der Waals surface area contributed by atoms with Crippen LogP contribution in [0.2, 0.25) is 0 Å². The number of benzene rings is 1. The summed E-state index contributed by atoms with van der Waals surface area (Å²) >= 11 is 0. The SMILES string of the molecule is C[C@@H](N[C@]1(C(N)=O)CCC[C@H]1C(C)(C)C)c1ccccc1. The van der Waals surface area contributed by atoms with Crippen molar-refractivity contribution in [2.45, 2.75) is 58.5 Å².